The lowest BCUT2D eigenvalue weighted by Gasteiger charge is -2.35. The summed E-state index contributed by atoms with van der Waals surface area (Å²) in [6.07, 6.45) is 0.864. The number of ether oxygens (including phenoxy) is 3. The Bertz CT molecular complexity index is 280. The highest BCUT2D eigenvalue weighted by Gasteiger charge is 2.28. The van der Waals surface area contributed by atoms with Gasteiger partial charge in [-0.1, -0.05) is 0 Å². The van der Waals surface area contributed by atoms with E-state index in [0.29, 0.717) is 13.2 Å². The molecule has 0 N–H and O–H groups in total. The van der Waals surface area contributed by atoms with E-state index in [1.54, 1.807) is 0 Å². The predicted molar refractivity (Wildman–Crippen MR) is 85.3 cm³/mol. The van der Waals surface area contributed by atoms with Crippen molar-refractivity contribution in [3.8, 4) is 0 Å². The second-order valence-electron chi connectivity index (χ2n) is 8.73. The fourth-order valence-corrected chi connectivity index (χ4v) is 1.88. The molecule has 0 radical (unpaired) electrons. The van der Waals surface area contributed by atoms with Gasteiger partial charge in [0.25, 0.3) is 0 Å². The van der Waals surface area contributed by atoms with Crippen molar-refractivity contribution in [2.45, 2.75) is 98.1 Å². The Morgan fingerprint density at radius 2 is 1.10 bits per heavy atom. The molecule has 0 aliphatic rings. The van der Waals surface area contributed by atoms with Crippen LogP contribution in [0.5, 0.6) is 0 Å². The maximum absolute atomic E-state index is 6.04. The first-order valence-electron chi connectivity index (χ1n) is 7.60. The number of hydrogen-bond acceptors (Lipinski definition) is 3. The molecule has 0 aromatic heterocycles. The van der Waals surface area contributed by atoms with Gasteiger partial charge < -0.3 is 14.2 Å². The molecular formula is C17H36O3. The lowest BCUT2D eigenvalue weighted by molar-refractivity contribution is -0.147. The second-order valence-corrected chi connectivity index (χ2v) is 8.73. The van der Waals surface area contributed by atoms with Crippen LogP contribution in [-0.2, 0) is 14.2 Å². The third kappa shape index (κ3) is 11.7. The van der Waals surface area contributed by atoms with E-state index in [4.69, 9.17) is 14.2 Å². The quantitative estimate of drug-likeness (QED) is 0.686. The van der Waals surface area contributed by atoms with Crippen molar-refractivity contribution in [1.29, 1.82) is 0 Å². The molecule has 0 aliphatic carbocycles. The van der Waals surface area contributed by atoms with Crippen LogP contribution in [-0.4, -0.2) is 35.6 Å². The van der Waals surface area contributed by atoms with E-state index in [2.05, 4.69) is 69.2 Å². The Hall–Kier alpha value is -0.120. The third-order valence-corrected chi connectivity index (χ3v) is 2.63. The van der Waals surface area contributed by atoms with Gasteiger partial charge in [0.1, 0.15) is 0 Å². The minimum absolute atomic E-state index is 0.130. The molecule has 20 heavy (non-hydrogen) atoms. The average molecular weight is 288 g/mol. The summed E-state index contributed by atoms with van der Waals surface area (Å²) in [6, 6.07) is 0. The SMILES string of the molecule is CC(C)(C)OCC(C)(C)OCCC(C)(C)OC(C)(C)C. The molecule has 0 atom stereocenters. The van der Waals surface area contributed by atoms with Crippen molar-refractivity contribution in [3.05, 3.63) is 0 Å². The summed E-state index contributed by atoms with van der Waals surface area (Å²) < 4.78 is 17.8. The summed E-state index contributed by atoms with van der Waals surface area (Å²) in [7, 11) is 0. The normalized spacial score (nSPS) is 14.7. The fourth-order valence-electron chi connectivity index (χ4n) is 1.88. The van der Waals surface area contributed by atoms with Crippen molar-refractivity contribution in [2.24, 2.45) is 0 Å². The highest BCUT2D eigenvalue weighted by Crippen LogP contribution is 2.24. The molecule has 0 amide bonds. The third-order valence-electron chi connectivity index (χ3n) is 2.63. The van der Waals surface area contributed by atoms with Crippen molar-refractivity contribution >= 4 is 0 Å². The van der Waals surface area contributed by atoms with Crippen molar-refractivity contribution in [2.75, 3.05) is 13.2 Å². The number of rotatable bonds is 7. The molecule has 3 heteroatoms. The highest BCUT2D eigenvalue weighted by molar-refractivity contribution is 4.76. The smallest absolute Gasteiger partial charge is 0.0859 e. The molecule has 0 aromatic rings. The van der Waals surface area contributed by atoms with Gasteiger partial charge in [0.15, 0.2) is 0 Å². The van der Waals surface area contributed by atoms with Gasteiger partial charge >= 0.3 is 0 Å². The van der Waals surface area contributed by atoms with E-state index in [9.17, 15) is 0 Å². The summed E-state index contributed by atoms with van der Waals surface area (Å²) in [6.45, 7) is 22.0. The van der Waals surface area contributed by atoms with Crippen LogP contribution in [0.1, 0.15) is 75.7 Å². The molecule has 0 saturated carbocycles. The predicted octanol–water partition coefficient (Wildman–Crippen LogP) is 4.58. The number of hydrogen-bond donors (Lipinski definition) is 0. The molecule has 3 nitrogen and oxygen atoms in total. The van der Waals surface area contributed by atoms with Gasteiger partial charge in [-0.25, -0.2) is 0 Å². The van der Waals surface area contributed by atoms with Crippen LogP contribution < -0.4 is 0 Å². The Labute approximate surface area is 126 Å². The fraction of sp³-hybridized carbons (Fsp3) is 1.00. The van der Waals surface area contributed by atoms with E-state index < -0.39 is 0 Å². The van der Waals surface area contributed by atoms with E-state index in [-0.39, 0.29) is 22.4 Å². The first-order chi connectivity index (χ1) is 8.62. The van der Waals surface area contributed by atoms with E-state index in [0.717, 1.165) is 6.42 Å². The van der Waals surface area contributed by atoms with Gasteiger partial charge in [-0.3, -0.25) is 0 Å². The van der Waals surface area contributed by atoms with Gasteiger partial charge in [-0.2, -0.15) is 0 Å². The highest BCUT2D eigenvalue weighted by atomic mass is 16.6. The van der Waals surface area contributed by atoms with Crippen molar-refractivity contribution in [1.82, 2.24) is 0 Å². The van der Waals surface area contributed by atoms with Crippen LogP contribution in [0, 0.1) is 0 Å². The van der Waals surface area contributed by atoms with E-state index >= 15 is 0 Å². The summed E-state index contributed by atoms with van der Waals surface area (Å²) >= 11 is 0. The Morgan fingerprint density at radius 1 is 0.600 bits per heavy atom. The lowest BCUT2D eigenvalue weighted by Crippen LogP contribution is -2.39. The summed E-state index contributed by atoms with van der Waals surface area (Å²) in [5.74, 6) is 0. The van der Waals surface area contributed by atoms with Crippen LogP contribution >= 0.6 is 0 Å². The van der Waals surface area contributed by atoms with Crippen LogP contribution in [0.15, 0.2) is 0 Å². The lowest BCUT2D eigenvalue weighted by atomic mass is 10.0. The summed E-state index contributed by atoms with van der Waals surface area (Å²) in [4.78, 5) is 0. The van der Waals surface area contributed by atoms with Gasteiger partial charge in [0, 0.05) is 0 Å². The van der Waals surface area contributed by atoms with E-state index in [1.165, 1.54) is 0 Å². The summed E-state index contributed by atoms with van der Waals surface area (Å²) in [5.41, 5.74) is -0.714. The monoisotopic (exact) mass is 288 g/mol. The molecule has 0 fully saturated rings. The van der Waals surface area contributed by atoms with Crippen LogP contribution in [0.3, 0.4) is 0 Å². The second kappa shape index (κ2) is 6.76. The molecule has 0 saturated heterocycles. The standard InChI is InChI=1S/C17H36O3/c1-14(2,3)19-13-17(9,10)18-12-11-16(7,8)20-15(4,5)6/h11-13H2,1-10H3. The zero-order valence-electron chi connectivity index (χ0n) is 15.3. The average Bonchev–Trinajstić information content (AvgIpc) is 2.09. The molecule has 0 unspecified atom stereocenters. The van der Waals surface area contributed by atoms with E-state index in [1.807, 2.05) is 0 Å². The Balaban J connectivity index is 4.15. The topological polar surface area (TPSA) is 27.7 Å². The largest absolute Gasteiger partial charge is 0.373 e. The molecule has 0 aliphatic heterocycles. The van der Waals surface area contributed by atoms with Crippen LogP contribution in [0.25, 0.3) is 0 Å². The minimum Gasteiger partial charge on any atom is -0.373 e. The minimum atomic E-state index is -0.273. The summed E-state index contributed by atoms with van der Waals surface area (Å²) in [5, 5.41) is 0. The Morgan fingerprint density at radius 3 is 1.50 bits per heavy atom. The van der Waals surface area contributed by atoms with Gasteiger partial charge in [0.05, 0.1) is 35.6 Å². The molecule has 0 spiro atoms. The maximum atomic E-state index is 6.04. The van der Waals surface area contributed by atoms with Crippen molar-refractivity contribution in [3.63, 3.8) is 0 Å². The van der Waals surface area contributed by atoms with Crippen LogP contribution in [0.2, 0.25) is 0 Å². The molecule has 0 rings (SSSR count). The zero-order valence-corrected chi connectivity index (χ0v) is 15.3. The van der Waals surface area contributed by atoms with Gasteiger partial charge in [0.2, 0.25) is 0 Å². The van der Waals surface area contributed by atoms with Crippen LogP contribution in [0.4, 0.5) is 0 Å². The first-order valence-corrected chi connectivity index (χ1v) is 7.60. The molecule has 122 valence electrons. The maximum Gasteiger partial charge on any atom is 0.0859 e. The molecule has 0 heterocycles. The first kappa shape index (κ1) is 19.9. The van der Waals surface area contributed by atoms with Gasteiger partial charge in [-0.15, -0.1) is 0 Å². The van der Waals surface area contributed by atoms with Crippen molar-refractivity contribution < 1.29 is 14.2 Å². The molecule has 0 aromatic carbocycles. The molecular weight excluding hydrogens is 252 g/mol. The Kier molecular flexibility index (Phi) is 6.72. The van der Waals surface area contributed by atoms with Gasteiger partial charge in [-0.05, 0) is 75.7 Å². The zero-order chi connectivity index (χ0) is 16.2. The molecule has 0 bridgehead atoms.